The van der Waals surface area contributed by atoms with Gasteiger partial charge < -0.3 is 17.3 Å². The standard InChI is InChI=1S/C11H7N2O2S.BF4/c14-13(15)8-4-5-11-9(7-8)10-3-1-2-6-12(10)16-11;2-1(3,4)5/h1-7H;/q+1;-1. The zero-order valence-corrected chi connectivity index (χ0v) is 11.1. The van der Waals surface area contributed by atoms with Crippen molar-refractivity contribution in [2.45, 2.75) is 0 Å². The van der Waals surface area contributed by atoms with Crippen LogP contribution in [0.4, 0.5) is 23.0 Å². The predicted octanol–water partition coefficient (Wildman–Crippen LogP) is 3.85. The van der Waals surface area contributed by atoms with Gasteiger partial charge in [-0.15, -0.1) is 3.79 Å². The SMILES string of the molecule is F[B-](F)(F)F.O=[N+]([O-])c1ccc2s[n+]3ccccc3c2c1. The van der Waals surface area contributed by atoms with Crippen LogP contribution in [0.25, 0.3) is 15.6 Å². The van der Waals surface area contributed by atoms with Gasteiger partial charge in [0.2, 0.25) is 5.52 Å². The van der Waals surface area contributed by atoms with Crippen molar-refractivity contribution < 1.29 is 26.0 Å². The molecule has 3 aromatic rings. The van der Waals surface area contributed by atoms with E-state index < -0.39 is 7.25 Å². The quantitative estimate of drug-likeness (QED) is 0.225. The molecule has 0 amide bonds. The highest BCUT2D eigenvalue weighted by atomic mass is 32.1. The summed E-state index contributed by atoms with van der Waals surface area (Å²) < 4.78 is 42.1. The van der Waals surface area contributed by atoms with Gasteiger partial charge in [0.15, 0.2) is 6.20 Å². The van der Waals surface area contributed by atoms with Crippen LogP contribution in [0.2, 0.25) is 0 Å². The van der Waals surface area contributed by atoms with E-state index in [0.717, 1.165) is 15.6 Å². The molecule has 0 N–H and O–H groups in total. The van der Waals surface area contributed by atoms with Gasteiger partial charge in [-0.3, -0.25) is 10.1 Å². The van der Waals surface area contributed by atoms with Gasteiger partial charge in [0.1, 0.15) is 16.2 Å². The Kier molecular flexibility index (Phi) is 4.08. The van der Waals surface area contributed by atoms with Gasteiger partial charge in [-0.1, -0.05) is 0 Å². The summed E-state index contributed by atoms with van der Waals surface area (Å²) in [4.78, 5) is 10.3. The van der Waals surface area contributed by atoms with E-state index in [4.69, 9.17) is 0 Å². The molecule has 2 aromatic heterocycles. The van der Waals surface area contributed by atoms with Crippen LogP contribution < -0.4 is 3.79 Å². The Morgan fingerprint density at radius 2 is 1.81 bits per heavy atom. The number of nitro benzene ring substituents is 1. The number of hydrogen-bond donors (Lipinski definition) is 0. The average Bonchev–Trinajstić information content (AvgIpc) is 2.74. The van der Waals surface area contributed by atoms with Crippen molar-refractivity contribution in [3.05, 3.63) is 52.7 Å². The molecule has 10 heteroatoms. The van der Waals surface area contributed by atoms with Crippen molar-refractivity contribution >= 4 is 40.1 Å². The van der Waals surface area contributed by atoms with Crippen LogP contribution in [0.5, 0.6) is 0 Å². The molecule has 1 aromatic carbocycles. The van der Waals surface area contributed by atoms with Crippen LogP contribution >= 0.6 is 11.5 Å². The van der Waals surface area contributed by atoms with E-state index in [1.165, 1.54) is 6.07 Å². The number of fused-ring (bicyclic) bond motifs is 3. The molecule has 0 unspecified atom stereocenters. The van der Waals surface area contributed by atoms with Crippen LogP contribution in [0.3, 0.4) is 0 Å². The minimum atomic E-state index is -6.00. The first kappa shape index (κ1) is 15.2. The topological polar surface area (TPSA) is 47.2 Å². The third-order valence-electron chi connectivity index (χ3n) is 2.47. The summed E-state index contributed by atoms with van der Waals surface area (Å²) in [6.07, 6.45) is 1.95. The third-order valence-corrected chi connectivity index (χ3v) is 3.54. The van der Waals surface area contributed by atoms with E-state index in [2.05, 4.69) is 0 Å². The second kappa shape index (κ2) is 5.64. The lowest BCUT2D eigenvalue weighted by molar-refractivity contribution is -0.430. The Bertz CT molecular complexity index is 800. The molecule has 0 fully saturated rings. The Hall–Kier alpha value is -2.23. The van der Waals surface area contributed by atoms with E-state index in [9.17, 15) is 27.4 Å². The zero-order valence-electron chi connectivity index (χ0n) is 10.2. The predicted molar refractivity (Wildman–Crippen MR) is 71.8 cm³/mol. The summed E-state index contributed by atoms with van der Waals surface area (Å²) in [5.41, 5.74) is 1.14. The summed E-state index contributed by atoms with van der Waals surface area (Å²) >= 11 is 1.58. The van der Waals surface area contributed by atoms with Gasteiger partial charge in [-0.25, -0.2) is 0 Å². The van der Waals surface area contributed by atoms with Crippen molar-refractivity contribution in [1.82, 2.24) is 0 Å². The molecule has 4 nitrogen and oxygen atoms in total. The summed E-state index contributed by atoms with van der Waals surface area (Å²) in [6.45, 7) is 0. The average molecular weight is 318 g/mol. The molecule has 0 atom stereocenters. The van der Waals surface area contributed by atoms with Crippen molar-refractivity contribution in [2.24, 2.45) is 0 Å². The van der Waals surface area contributed by atoms with Crippen molar-refractivity contribution in [1.29, 1.82) is 0 Å². The molecule has 2 heterocycles. The van der Waals surface area contributed by atoms with E-state index in [1.54, 1.807) is 23.7 Å². The van der Waals surface area contributed by atoms with Gasteiger partial charge >= 0.3 is 7.25 Å². The molecule has 0 saturated heterocycles. The molecule has 0 aliphatic rings. The van der Waals surface area contributed by atoms with Crippen molar-refractivity contribution in [3.63, 3.8) is 0 Å². The van der Waals surface area contributed by atoms with Crippen LogP contribution in [-0.2, 0) is 0 Å². The van der Waals surface area contributed by atoms with Gasteiger partial charge in [0.05, 0.1) is 10.3 Å². The molecule has 0 spiro atoms. The highest BCUT2D eigenvalue weighted by molar-refractivity contribution is 7.10. The Balaban J connectivity index is 0.000000282. The van der Waals surface area contributed by atoms with E-state index in [0.29, 0.717) is 0 Å². The van der Waals surface area contributed by atoms with E-state index in [-0.39, 0.29) is 10.6 Å². The minimum absolute atomic E-state index is 0.136. The lowest BCUT2D eigenvalue weighted by atomic mass is 10.2. The highest BCUT2D eigenvalue weighted by Gasteiger charge is 2.20. The maximum absolute atomic E-state index is 10.7. The van der Waals surface area contributed by atoms with Gasteiger partial charge in [0.25, 0.3) is 5.69 Å². The van der Waals surface area contributed by atoms with Crippen molar-refractivity contribution in [3.8, 4) is 0 Å². The molecular weight excluding hydrogens is 311 g/mol. The van der Waals surface area contributed by atoms with Gasteiger partial charge in [-0.2, -0.15) is 0 Å². The fourth-order valence-electron chi connectivity index (χ4n) is 1.73. The number of aromatic nitrogens is 1. The van der Waals surface area contributed by atoms with E-state index in [1.807, 2.05) is 28.2 Å². The van der Waals surface area contributed by atoms with Crippen LogP contribution in [0.1, 0.15) is 0 Å². The monoisotopic (exact) mass is 318 g/mol. The normalized spacial score (nSPS) is 11.2. The molecule has 3 rings (SSSR count). The number of nitro groups is 1. The first-order valence-electron chi connectivity index (χ1n) is 5.61. The zero-order chi connectivity index (χ0) is 15.6. The maximum Gasteiger partial charge on any atom is 0.673 e. The molecular formula is C11H7BF4N2O2S. The number of nitrogens with zero attached hydrogens (tertiary/aromatic N) is 2. The number of benzene rings is 1. The fraction of sp³-hybridized carbons (Fsp3) is 0. The molecule has 0 saturated carbocycles. The van der Waals surface area contributed by atoms with Crippen LogP contribution in [0.15, 0.2) is 42.6 Å². The maximum atomic E-state index is 10.7. The molecule has 110 valence electrons. The van der Waals surface area contributed by atoms with Gasteiger partial charge in [-0.05, 0) is 12.1 Å². The lowest BCUT2D eigenvalue weighted by Crippen LogP contribution is -2.12. The fourth-order valence-corrected chi connectivity index (χ4v) is 2.73. The number of hydrogen-bond acceptors (Lipinski definition) is 3. The first-order valence-corrected chi connectivity index (χ1v) is 6.38. The molecule has 0 aliphatic carbocycles. The highest BCUT2D eigenvalue weighted by Crippen LogP contribution is 2.26. The largest absolute Gasteiger partial charge is 0.673 e. The summed E-state index contributed by atoms with van der Waals surface area (Å²) in [5, 5.41) is 11.6. The third kappa shape index (κ3) is 3.88. The molecule has 0 radical (unpaired) electrons. The number of rotatable bonds is 1. The second-order valence-electron chi connectivity index (χ2n) is 3.94. The summed E-state index contributed by atoms with van der Waals surface area (Å²) in [7, 11) is -6.00. The minimum Gasteiger partial charge on any atom is -0.418 e. The number of pyridine rings is 1. The van der Waals surface area contributed by atoms with E-state index >= 15 is 0 Å². The lowest BCUT2D eigenvalue weighted by Gasteiger charge is -1.94. The molecule has 0 bridgehead atoms. The van der Waals surface area contributed by atoms with Crippen molar-refractivity contribution in [2.75, 3.05) is 0 Å². The first-order chi connectivity index (χ1) is 9.75. The Labute approximate surface area is 119 Å². The number of halogens is 4. The summed E-state index contributed by atoms with van der Waals surface area (Å²) in [6, 6.07) is 10.8. The molecule has 0 aliphatic heterocycles. The Morgan fingerprint density at radius 1 is 1.14 bits per heavy atom. The van der Waals surface area contributed by atoms with Crippen LogP contribution in [0, 0.1) is 10.1 Å². The second-order valence-corrected chi connectivity index (χ2v) is 4.95. The van der Waals surface area contributed by atoms with Gasteiger partial charge in [0, 0.05) is 24.3 Å². The number of non-ortho nitro benzene ring substituents is 1. The smallest absolute Gasteiger partial charge is 0.418 e. The van der Waals surface area contributed by atoms with Crippen LogP contribution in [-0.4, -0.2) is 12.2 Å². The summed E-state index contributed by atoms with van der Waals surface area (Å²) in [5.74, 6) is 0. The Morgan fingerprint density at radius 3 is 2.43 bits per heavy atom. The molecule has 21 heavy (non-hydrogen) atoms.